The van der Waals surface area contributed by atoms with Crippen LogP contribution < -0.4 is 5.32 Å². The third-order valence-corrected chi connectivity index (χ3v) is 3.86. The number of anilines is 1. The lowest BCUT2D eigenvalue weighted by molar-refractivity contribution is 0.101. The SMILES string of the molecule is CCc1nc2ccc(NC(=O)c3cc(C4CC4)on3)cc2[nH]1. The molecule has 1 aliphatic rings. The zero-order chi connectivity index (χ0) is 15.1. The van der Waals surface area contributed by atoms with Crippen molar-refractivity contribution in [1.29, 1.82) is 0 Å². The summed E-state index contributed by atoms with van der Waals surface area (Å²) >= 11 is 0. The number of amides is 1. The second-order valence-electron chi connectivity index (χ2n) is 5.61. The summed E-state index contributed by atoms with van der Waals surface area (Å²) in [4.78, 5) is 19.9. The van der Waals surface area contributed by atoms with E-state index in [4.69, 9.17) is 4.52 Å². The largest absolute Gasteiger partial charge is 0.360 e. The van der Waals surface area contributed by atoms with Crippen molar-refractivity contribution in [2.45, 2.75) is 32.1 Å². The molecule has 22 heavy (non-hydrogen) atoms. The number of nitrogens with zero attached hydrogens (tertiary/aromatic N) is 2. The van der Waals surface area contributed by atoms with Crippen LogP contribution in [-0.4, -0.2) is 21.0 Å². The van der Waals surface area contributed by atoms with E-state index in [1.807, 2.05) is 25.1 Å². The molecule has 0 saturated heterocycles. The number of aryl methyl sites for hydroxylation is 1. The molecule has 6 heteroatoms. The molecular weight excluding hydrogens is 280 g/mol. The van der Waals surface area contributed by atoms with Gasteiger partial charge in [-0.25, -0.2) is 4.98 Å². The third kappa shape index (κ3) is 2.36. The Bertz CT molecular complexity index is 845. The second-order valence-corrected chi connectivity index (χ2v) is 5.61. The van der Waals surface area contributed by atoms with E-state index in [0.29, 0.717) is 17.3 Å². The van der Waals surface area contributed by atoms with Gasteiger partial charge >= 0.3 is 0 Å². The summed E-state index contributed by atoms with van der Waals surface area (Å²) in [6, 6.07) is 7.33. The average Bonchev–Trinajstić information content (AvgIpc) is 3.11. The molecule has 0 aliphatic heterocycles. The molecule has 0 atom stereocenters. The molecule has 1 aromatic carbocycles. The number of H-pyrrole nitrogens is 1. The van der Waals surface area contributed by atoms with Crippen LogP contribution >= 0.6 is 0 Å². The van der Waals surface area contributed by atoms with Gasteiger partial charge in [-0.2, -0.15) is 0 Å². The number of benzene rings is 1. The standard InChI is InChI=1S/C16H16N4O2/c1-2-15-18-11-6-5-10(7-12(11)19-15)17-16(21)13-8-14(22-20-13)9-3-4-9/h5-9H,2-4H2,1H3,(H,17,21)(H,18,19). The van der Waals surface area contributed by atoms with Crippen molar-refractivity contribution in [3.63, 3.8) is 0 Å². The number of carbonyl (C=O) groups excluding carboxylic acids is 1. The Morgan fingerprint density at radius 2 is 2.27 bits per heavy atom. The number of fused-ring (bicyclic) bond motifs is 1. The monoisotopic (exact) mass is 296 g/mol. The first-order chi connectivity index (χ1) is 10.7. The molecule has 112 valence electrons. The molecule has 1 fully saturated rings. The van der Waals surface area contributed by atoms with Crippen LogP contribution in [0.1, 0.15) is 47.8 Å². The highest BCUT2D eigenvalue weighted by atomic mass is 16.5. The van der Waals surface area contributed by atoms with Gasteiger partial charge in [0.2, 0.25) is 0 Å². The normalized spacial score (nSPS) is 14.4. The van der Waals surface area contributed by atoms with Gasteiger partial charge in [0.05, 0.1) is 11.0 Å². The molecule has 6 nitrogen and oxygen atoms in total. The molecule has 2 N–H and O–H groups in total. The average molecular weight is 296 g/mol. The number of aromatic nitrogens is 3. The maximum atomic E-state index is 12.2. The molecule has 1 amide bonds. The second kappa shape index (κ2) is 4.98. The van der Waals surface area contributed by atoms with Crippen molar-refractivity contribution in [3.05, 3.63) is 41.5 Å². The van der Waals surface area contributed by atoms with E-state index in [-0.39, 0.29) is 5.91 Å². The van der Waals surface area contributed by atoms with Crippen molar-refractivity contribution in [2.75, 3.05) is 5.32 Å². The van der Waals surface area contributed by atoms with Gasteiger partial charge in [-0.3, -0.25) is 4.79 Å². The Hall–Kier alpha value is -2.63. The topological polar surface area (TPSA) is 83.8 Å². The lowest BCUT2D eigenvalue weighted by atomic mass is 10.2. The smallest absolute Gasteiger partial charge is 0.277 e. The van der Waals surface area contributed by atoms with Crippen molar-refractivity contribution >= 4 is 22.6 Å². The molecule has 0 radical (unpaired) electrons. The van der Waals surface area contributed by atoms with Gasteiger partial charge in [0.15, 0.2) is 5.69 Å². The number of imidazole rings is 1. The first kappa shape index (κ1) is 13.1. The zero-order valence-electron chi connectivity index (χ0n) is 12.2. The van der Waals surface area contributed by atoms with Gasteiger partial charge in [0.25, 0.3) is 5.91 Å². The van der Waals surface area contributed by atoms with Crippen LogP contribution in [0.25, 0.3) is 11.0 Å². The van der Waals surface area contributed by atoms with E-state index in [9.17, 15) is 4.79 Å². The minimum Gasteiger partial charge on any atom is -0.360 e. The number of hydrogen-bond acceptors (Lipinski definition) is 4. The lowest BCUT2D eigenvalue weighted by Gasteiger charge is -2.02. The van der Waals surface area contributed by atoms with Crippen LogP contribution in [0.5, 0.6) is 0 Å². The van der Waals surface area contributed by atoms with E-state index < -0.39 is 0 Å². The van der Waals surface area contributed by atoms with Crippen molar-refractivity contribution in [1.82, 2.24) is 15.1 Å². The zero-order valence-corrected chi connectivity index (χ0v) is 12.2. The van der Waals surface area contributed by atoms with Gasteiger partial charge < -0.3 is 14.8 Å². The van der Waals surface area contributed by atoms with Crippen LogP contribution in [0.2, 0.25) is 0 Å². The van der Waals surface area contributed by atoms with Crippen LogP contribution in [0, 0.1) is 0 Å². The van der Waals surface area contributed by atoms with Crippen molar-refractivity contribution in [3.8, 4) is 0 Å². The van der Waals surface area contributed by atoms with E-state index in [1.165, 1.54) is 0 Å². The fraction of sp³-hybridized carbons (Fsp3) is 0.312. The van der Waals surface area contributed by atoms with E-state index in [1.54, 1.807) is 6.07 Å². The fourth-order valence-electron chi connectivity index (χ4n) is 2.46. The first-order valence-electron chi connectivity index (χ1n) is 7.49. The molecule has 0 bridgehead atoms. The molecule has 1 saturated carbocycles. The van der Waals surface area contributed by atoms with Gasteiger partial charge in [0.1, 0.15) is 11.6 Å². The molecule has 0 spiro atoms. The van der Waals surface area contributed by atoms with Crippen LogP contribution in [-0.2, 0) is 6.42 Å². The predicted molar refractivity (Wildman–Crippen MR) is 81.9 cm³/mol. The molecule has 0 unspecified atom stereocenters. The molecule has 2 heterocycles. The van der Waals surface area contributed by atoms with Crippen LogP contribution in [0.4, 0.5) is 5.69 Å². The summed E-state index contributed by atoms with van der Waals surface area (Å²) < 4.78 is 5.21. The van der Waals surface area contributed by atoms with Gasteiger partial charge in [-0.05, 0) is 31.0 Å². The van der Waals surface area contributed by atoms with E-state index in [0.717, 1.165) is 41.9 Å². The number of aromatic amines is 1. The Morgan fingerprint density at radius 1 is 1.41 bits per heavy atom. The summed E-state index contributed by atoms with van der Waals surface area (Å²) in [6.07, 6.45) is 3.08. The maximum absolute atomic E-state index is 12.2. The minimum absolute atomic E-state index is 0.259. The summed E-state index contributed by atoms with van der Waals surface area (Å²) in [5, 5.41) is 6.69. The van der Waals surface area contributed by atoms with Gasteiger partial charge in [-0.15, -0.1) is 0 Å². The highest BCUT2D eigenvalue weighted by molar-refractivity contribution is 6.03. The van der Waals surface area contributed by atoms with Gasteiger partial charge in [0, 0.05) is 24.1 Å². The highest BCUT2D eigenvalue weighted by Gasteiger charge is 2.28. The summed E-state index contributed by atoms with van der Waals surface area (Å²) in [6.45, 7) is 2.04. The Morgan fingerprint density at radius 3 is 3.05 bits per heavy atom. The number of hydrogen-bond donors (Lipinski definition) is 2. The summed E-state index contributed by atoms with van der Waals surface area (Å²) in [5.41, 5.74) is 2.83. The molecule has 1 aliphatic carbocycles. The number of nitrogens with one attached hydrogen (secondary N) is 2. The Kier molecular flexibility index (Phi) is 2.96. The predicted octanol–water partition coefficient (Wildman–Crippen LogP) is 3.24. The number of rotatable bonds is 4. The molecular formula is C16H16N4O2. The molecule has 3 aromatic rings. The third-order valence-electron chi connectivity index (χ3n) is 3.86. The fourth-order valence-corrected chi connectivity index (χ4v) is 2.46. The van der Waals surface area contributed by atoms with Crippen molar-refractivity contribution in [2.24, 2.45) is 0 Å². The minimum atomic E-state index is -0.259. The van der Waals surface area contributed by atoms with E-state index in [2.05, 4.69) is 20.4 Å². The lowest BCUT2D eigenvalue weighted by Crippen LogP contribution is -2.12. The Labute approximate surface area is 126 Å². The summed E-state index contributed by atoms with van der Waals surface area (Å²) in [7, 11) is 0. The van der Waals surface area contributed by atoms with Crippen LogP contribution in [0.3, 0.4) is 0 Å². The van der Waals surface area contributed by atoms with E-state index >= 15 is 0 Å². The molecule has 2 aromatic heterocycles. The quantitative estimate of drug-likeness (QED) is 0.774. The van der Waals surface area contributed by atoms with Crippen molar-refractivity contribution < 1.29 is 9.32 Å². The van der Waals surface area contributed by atoms with Gasteiger partial charge in [-0.1, -0.05) is 12.1 Å². The number of carbonyl (C=O) groups is 1. The highest BCUT2D eigenvalue weighted by Crippen LogP contribution is 2.40. The van der Waals surface area contributed by atoms with Crippen LogP contribution in [0.15, 0.2) is 28.8 Å². The Balaban J connectivity index is 1.54. The molecule has 4 rings (SSSR count). The first-order valence-corrected chi connectivity index (χ1v) is 7.49. The maximum Gasteiger partial charge on any atom is 0.277 e. The summed E-state index contributed by atoms with van der Waals surface area (Å²) in [5.74, 6) is 1.93.